The molecular formula is C21H20FN5O. The van der Waals surface area contributed by atoms with E-state index in [1.54, 1.807) is 37.3 Å². The van der Waals surface area contributed by atoms with Crippen LogP contribution in [0.3, 0.4) is 0 Å². The molecular weight excluding hydrogens is 357 g/mol. The first kappa shape index (κ1) is 19.0. The van der Waals surface area contributed by atoms with Crippen LogP contribution in [-0.2, 0) is 4.79 Å². The molecule has 0 radical (unpaired) electrons. The lowest BCUT2D eigenvalue weighted by molar-refractivity contribution is -0.111. The maximum Gasteiger partial charge on any atom is 0.248 e. The number of hydrogen-bond acceptors (Lipinski definition) is 5. The molecule has 0 aliphatic carbocycles. The molecule has 0 bridgehead atoms. The summed E-state index contributed by atoms with van der Waals surface area (Å²) in [5.41, 5.74) is 3.06. The average molecular weight is 377 g/mol. The Labute approximate surface area is 162 Å². The summed E-state index contributed by atoms with van der Waals surface area (Å²) < 4.78 is 14.1. The number of aromatic nitrogens is 2. The zero-order valence-corrected chi connectivity index (χ0v) is 15.5. The fourth-order valence-corrected chi connectivity index (χ4v) is 2.51. The molecule has 142 valence electrons. The summed E-state index contributed by atoms with van der Waals surface area (Å²) in [4.78, 5) is 19.9. The van der Waals surface area contributed by atoms with Crippen LogP contribution in [0.25, 0.3) is 0 Å². The molecule has 3 rings (SSSR count). The molecule has 0 spiro atoms. The second kappa shape index (κ2) is 8.77. The molecule has 0 unspecified atom stereocenters. The van der Waals surface area contributed by atoms with Gasteiger partial charge in [0.05, 0.1) is 6.20 Å². The van der Waals surface area contributed by atoms with Crippen LogP contribution in [0.2, 0.25) is 0 Å². The van der Waals surface area contributed by atoms with Gasteiger partial charge < -0.3 is 16.0 Å². The third kappa shape index (κ3) is 5.14. The summed E-state index contributed by atoms with van der Waals surface area (Å²) in [5.74, 6) is -0.476. The van der Waals surface area contributed by atoms with E-state index < -0.39 is 5.82 Å². The zero-order valence-electron chi connectivity index (χ0n) is 15.5. The number of carbonyl (C=O) groups is 1. The lowest BCUT2D eigenvalue weighted by Crippen LogP contribution is -2.08. The second-order valence-electron chi connectivity index (χ2n) is 6.08. The number of nitrogens with zero attached hydrogens (tertiary/aromatic N) is 2. The normalized spacial score (nSPS) is 10.7. The van der Waals surface area contributed by atoms with Crippen molar-refractivity contribution in [3.63, 3.8) is 0 Å². The average Bonchev–Trinajstić information content (AvgIpc) is 2.65. The number of benzene rings is 2. The van der Waals surface area contributed by atoms with Crippen molar-refractivity contribution < 1.29 is 9.18 Å². The van der Waals surface area contributed by atoms with Gasteiger partial charge >= 0.3 is 0 Å². The monoisotopic (exact) mass is 377 g/mol. The van der Waals surface area contributed by atoms with Crippen LogP contribution in [-0.4, -0.2) is 15.9 Å². The number of amides is 1. The minimum atomic E-state index is -0.556. The van der Waals surface area contributed by atoms with Crippen LogP contribution < -0.4 is 16.0 Å². The highest BCUT2D eigenvalue weighted by Gasteiger charge is 2.08. The third-order valence-corrected chi connectivity index (χ3v) is 3.73. The molecule has 1 aromatic heterocycles. The molecule has 0 fully saturated rings. The third-order valence-electron chi connectivity index (χ3n) is 3.73. The zero-order chi connectivity index (χ0) is 19.9. The van der Waals surface area contributed by atoms with Gasteiger partial charge in [0.15, 0.2) is 11.6 Å². The van der Waals surface area contributed by atoms with E-state index in [0.29, 0.717) is 11.4 Å². The molecule has 6 nitrogen and oxygen atoms in total. The first-order valence-electron chi connectivity index (χ1n) is 8.70. The summed E-state index contributed by atoms with van der Waals surface area (Å²) >= 11 is 0. The summed E-state index contributed by atoms with van der Waals surface area (Å²) in [6.45, 7) is 3.72. The van der Waals surface area contributed by atoms with Gasteiger partial charge in [0.2, 0.25) is 11.9 Å². The van der Waals surface area contributed by atoms with Gasteiger partial charge in [-0.3, -0.25) is 4.79 Å². The van der Waals surface area contributed by atoms with E-state index in [2.05, 4.69) is 25.9 Å². The molecule has 2 aromatic carbocycles. The minimum absolute atomic E-state index is 0.0700. The Morgan fingerprint density at radius 3 is 2.50 bits per heavy atom. The van der Waals surface area contributed by atoms with Crippen molar-refractivity contribution >= 4 is 34.7 Å². The first-order valence-corrected chi connectivity index (χ1v) is 8.70. The summed E-state index contributed by atoms with van der Waals surface area (Å²) in [7, 11) is 0. The van der Waals surface area contributed by atoms with Gasteiger partial charge in [0.1, 0.15) is 0 Å². The minimum Gasteiger partial charge on any atom is -0.338 e. The second-order valence-corrected chi connectivity index (χ2v) is 6.08. The molecule has 0 saturated carbocycles. The molecule has 0 saturated heterocycles. The Morgan fingerprint density at radius 1 is 1.04 bits per heavy atom. The number of hydrogen-bond donors (Lipinski definition) is 3. The number of aryl methyl sites for hydroxylation is 1. The van der Waals surface area contributed by atoms with E-state index in [9.17, 15) is 9.18 Å². The van der Waals surface area contributed by atoms with Crippen LogP contribution in [0.1, 0.15) is 12.5 Å². The van der Waals surface area contributed by atoms with Crippen molar-refractivity contribution in [1.29, 1.82) is 0 Å². The number of allylic oxidation sites excluding steroid dienone is 1. The first-order chi connectivity index (χ1) is 13.5. The van der Waals surface area contributed by atoms with Gasteiger partial charge in [-0.25, -0.2) is 9.37 Å². The molecule has 0 aliphatic heterocycles. The Morgan fingerprint density at radius 2 is 1.75 bits per heavy atom. The lowest BCUT2D eigenvalue weighted by atomic mass is 10.2. The molecule has 3 N–H and O–H groups in total. The quantitative estimate of drug-likeness (QED) is 0.531. The fraction of sp³-hybridized carbons (Fsp3) is 0.0952. The van der Waals surface area contributed by atoms with E-state index in [1.165, 1.54) is 6.08 Å². The van der Waals surface area contributed by atoms with Crippen LogP contribution in [0.5, 0.6) is 0 Å². The number of halogens is 1. The Hall–Kier alpha value is -3.74. The van der Waals surface area contributed by atoms with Gasteiger partial charge in [-0.2, -0.15) is 4.98 Å². The number of nitrogens with one attached hydrogen (secondary N) is 3. The van der Waals surface area contributed by atoms with Crippen molar-refractivity contribution in [1.82, 2.24) is 9.97 Å². The topological polar surface area (TPSA) is 78.9 Å². The molecule has 0 aliphatic rings. The Kier molecular flexibility index (Phi) is 5.96. The van der Waals surface area contributed by atoms with E-state index in [-0.39, 0.29) is 17.7 Å². The van der Waals surface area contributed by atoms with Gasteiger partial charge in [0.25, 0.3) is 0 Å². The predicted molar refractivity (Wildman–Crippen MR) is 110 cm³/mol. The highest BCUT2D eigenvalue weighted by Crippen LogP contribution is 2.22. The molecule has 0 atom stereocenters. The molecule has 1 heterocycles. The smallest absolute Gasteiger partial charge is 0.248 e. The van der Waals surface area contributed by atoms with Crippen molar-refractivity contribution in [3.05, 3.63) is 78.3 Å². The Bertz CT molecular complexity index is 1020. The van der Waals surface area contributed by atoms with Crippen LogP contribution in [0, 0.1) is 12.7 Å². The van der Waals surface area contributed by atoms with Gasteiger partial charge in [-0.1, -0.05) is 24.3 Å². The highest BCUT2D eigenvalue weighted by molar-refractivity contribution is 5.99. The van der Waals surface area contributed by atoms with E-state index in [0.717, 1.165) is 17.4 Å². The molecule has 28 heavy (non-hydrogen) atoms. The SMILES string of the molecule is CC=CC(=O)Nc1cccc(Nc2ncc(F)c(Nc3cccc(C)c3)n2)c1. The van der Waals surface area contributed by atoms with E-state index in [4.69, 9.17) is 0 Å². The van der Waals surface area contributed by atoms with E-state index in [1.807, 2.05) is 31.2 Å². The highest BCUT2D eigenvalue weighted by atomic mass is 19.1. The molecule has 3 aromatic rings. The molecule has 1 amide bonds. The maximum absolute atomic E-state index is 14.1. The number of carbonyl (C=O) groups excluding carboxylic acids is 1. The van der Waals surface area contributed by atoms with Crippen LogP contribution >= 0.6 is 0 Å². The van der Waals surface area contributed by atoms with Crippen molar-refractivity contribution in [2.24, 2.45) is 0 Å². The summed E-state index contributed by atoms with van der Waals surface area (Å²) in [6, 6.07) is 14.6. The maximum atomic E-state index is 14.1. The largest absolute Gasteiger partial charge is 0.338 e. The van der Waals surface area contributed by atoms with Crippen molar-refractivity contribution in [2.45, 2.75) is 13.8 Å². The van der Waals surface area contributed by atoms with Crippen molar-refractivity contribution in [3.8, 4) is 0 Å². The molecule has 7 heteroatoms. The van der Waals surface area contributed by atoms with Gasteiger partial charge in [-0.15, -0.1) is 0 Å². The van der Waals surface area contributed by atoms with Crippen molar-refractivity contribution in [2.75, 3.05) is 16.0 Å². The van der Waals surface area contributed by atoms with Gasteiger partial charge in [-0.05, 0) is 55.8 Å². The Balaban J connectivity index is 1.77. The predicted octanol–water partition coefficient (Wildman–Crippen LogP) is 4.93. The van der Waals surface area contributed by atoms with Crippen LogP contribution in [0.15, 0.2) is 66.9 Å². The summed E-state index contributed by atoms with van der Waals surface area (Å²) in [5, 5.41) is 8.72. The lowest BCUT2D eigenvalue weighted by Gasteiger charge is -2.11. The fourth-order valence-electron chi connectivity index (χ4n) is 2.51. The standard InChI is InChI=1S/C21H20FN5O/c1-3-6-19(28)24-16-9-5-10-17(12-16)26-21-23-13-18(22)20(27-21)25-15-8-4-7-14(2)11-15/h3-13H,1-2H3,(H,24,28)(H2,23,25,26,27). The number of rotatable bonds is 6. The van der Waals surface area contributed by atoms with E-state index >= 15 is 0 Å². The number of anilines is 5. The van der Waals surface area contributed by atoms with Gasteiger partial charge in [0, 0.05) is 17.1 Å². The van der Waals surface area contributed by atoms with Crippen LogP contribution in [0.4, 0.5) is 33.2 Å². The summed E-state index contributed by atoms with van der Waals surface area (Å²) in [6.07, 6.45) is 4.20.